The summed E-state index contributed by atoms with van der Waals surface area (Å²) < 4.78 is 6.52. The molecule has 1 saturated heterocycles. The molecule has 1 unspecified atom stereocenters. The van der Waals surface area contributed by atoms with Crippen LogP contribution in [0.4, 0.5) is 0 Å². The fourth-order valence-corrected chi connectivity index (χ4v) is 5.63. The third kappa shape index (κ3) is 4.84. The van der Waals surface area contributed by atoms with Crippen LogP contribution < -0.4 is 10.1 Å². The summed E-state index contributed by atoms with van der Waals surface area (Å²) in [5, 5.41) is 19.3. The molecule has 3 atom stereocenters. The quantitative estimate of drug-likeness (QED) is 0.650. The number of hydrogen-bond acceptors (Lipinski definition) is 6. The van der Waals surface area contributed by atoms with Crippen LogP contribution in [0.15, 0.2) is 42.5 Å². The van der Waals surface area contributed by atoms with Gasteiger partial charge in [0, 0.05) is 31.1 Å². The molecule has 2 N–H and O–H groups in total. The Bertz CT molecular complexity index is 1220. The lowest BCUT2D eigenvalue weighted by molar-refractivity contribution is -0.125. The topological polar surface area (TPSA) is 110 Å². The highest BCUT2D eigenvalue weighted by atomic mass is 16.5. The smallest absolute Gasteiger partial charge is 0.255 e. The number of piperidine rings is 1. The lowest BCUT2D eigenvalue weighted by atomic mass is 9.91. The molecule has 1 aliphatic carbocycles. The van der Waals surface area contributed by atoms with Crippen molar-refractivity contribution in [3.05, 3.63) is 64.7 Å². The van der Waals surface area contributed by atoms with Crippen molar-refractivity contribution in [2.75, 3.05) is 7.05 Å². The number of nitrogens with one attached hydrogen (secondary N) is 2. The lowest BCUT2D eigenvalue weighted by Gasteiger charge is -2.38. The number of amides is 2. The number of benzene rings is 2. The number of hydrogen-bond donors (Lipinski definition) is 2. The largest absolute Gasteiger partial charge is 0.489 e. The maximum atomic E-state index is 13.0. The van der Waals surface area contributed by atoms with E-state index in [1.54, 1.807) is 4.90 Å². The third-order valence-corrected chi connectivity index (χ3v) is 7.57. The standard InChI is InChI=1S/C28H31N5O3/c1-32(16-19-8-6-18(15-29)7-9-19)23-4-2-3-5-25(23)36-21-10-11-22-20(14-21)17-33(28(22)35)24-12-13-26(30)31-27(24)34/h6-11,14,23-25H,2-5,12-13,16-17H2,1H3,(H2,30,31,34)/t23-,24?,25+/m0/s1. The second kappa shape index (κ2) is 10.1. The Balaban J connectivity index is 1.27. The molecule has 5 rings (SSSR count). The lowest BCUT2D eigenvalue weighted by Crippen LogP contribution is -2.52. The summed E-state index contributed by atoms with van der Waals surface area (Å²) in [6.07, 6.45) is 5.29. The second-order valence-corrected chi connectivity index (χ2v) is 10.0. The van der Waals surface area contributed by atoms with Crippen LogP contribution in [0.3, 0.4) is 0 Å². The summed E-state index contributed by atoms with van der Waals surface area (Å²) in [5.41, 5.74) is 3.33. The van der Waals surface area contributed by atoms with Gasteiger partial charge in [0.25, 0.3) is 5.91 Å². The van der Waals surface area contributed by atoms with E-state index in [9.17, 15) is 9.59 Å². The number of rotatable bonds is 6. The molecule has 0 bridgehead atoms. The molecule has 2 fully saturated rings. The fourth-order valence-electron chi connectivity index (χ4n) is 5.63. The summed E-state index contributed by atoms with van der Waals surface area (Å²) >= 11 is 0. The van der Waals surface area contributed by atoms with Crippen LogP contribution in [0.5, 0.6) is 5.75 Å². The molecule has 0 spiro atoms. The average molecular weight is 486 g/mol. The molecule has 2 aromatic carbocycles. The van der Waals surface area contributed by atoms with Crippen molar-refractivity contribution in [1.82, 2.24) is 15.1 Å². The minimum atomic E-state index is -0.540. The maximum Gasteiger partial charge on any atom is 0.255 e. The number of carbonyl (C=O) groups is 2. The van der Waals surface area contributed by atoms with Gasteiger partial charge in [0.1, 0.15) is 17.9 Å². The van der Waals surface area contributed by atoms with Gasteiger partial charge < -0.3 is 15.0 Å². The molecule has 3 aliphatic rings. The molecule has 8 heteroatoms. The molecule has 2 amide bonds. The van der Waals surface area contributed by atoms with Crippen LogP contribution in [0, 0.1) is 16.7 Å². The molecule has 186 valence electrons. The molecular formula is C28H31N5O3. The zero-order valence-electron chi connectivity index (χ0n) is 20.5. The Labute approximate surface area is 211 Å². The normalized spacial score (nSPS) is 23.9. The van der Waals surface area contributed by atoms with E-state index >= 15 is 0 Å². The molecule has 1 saturated carbocycles. The number of carbonyl (C=O) groups excluding carboxylic acids is 2. The molecule has 0 radical (unpaired) electrons. The fraction of sp³-hybridized carbons (Fsp3) is 0.429. The first-order valence-corrected chi connectivity index (χ1v) is 12.6. The third-order valence-electron chi connectivity index (χ3n) is 7.57. The van der Waals surface area contributed by atoms with Gasteiger partial charge in [-0.3, -0.25) is 19.9 Å². The monoisotopic (exact) mass is 485 g/mol. The van der Waals surface area contributed by atoms with Crippen LogP contribution in [-0.4, -0.2) is 52.7 Å². The molecule has 2 aromatic rings. The summed E-state index contributed by atoms with van der Waals surface area (Å²) in [7, 11) is 2.12. The van der Waals surface area contributed by atoms with Gasteiger partial charge in [-0.05, 0) is 74.2 Å². The van der Waals surface area contributed by atoms with Crippen molar-refractivity contribution in [2.45, 2.75) is 69.8 Å². The van der Waals surface area contributed by atoms with E-state index in [4.69, 9.17) is 15.4 Å². The Hall–Kier alpha value is -3.70. The van der Waals surface area contributed by atoms with E-state index in [1.807, 2.05) is 42.5 Å². The first-order chi connectivity index (χ1) is 17.4. The number of nitrogens with zero attached hydrogens (tertiary/aromatic N) is 3. The van der Waals surface area contributed by atoms with Crippen molar-refractivity contribution < 1.29 is 14.3 Å². The molecular weight excluding hydrogens is 454 g/mol. The van der Waals surface area contributed by atoms with Gasteiger partial charge in [-0.15, -0.1) is 0 Å². The summed E-state index contributed by atoms with van der Waals surface area (Å²) in [6, 6.07) is 15.2. The van der Waals surface area contributed by atoms with Crippen LogP contribution in [0.2, 0.25) is 0 Å². The Morgan fingerprint density at radius 1 is 1.14 bits per heavy atom. The Kier molecular flexibility index (Phi) is 6.75. The SMILES string of the molecule is CN(Cc1ccc(C#N)cc1)[C@H]1CCCC[C@H]1Oc1ccc2c(c1)CN(C1CCC(=N)NC1=O)C2=O. The van der Waals surface area contributed by atoms with Crippen LogP contribution in [0.25, 0.3) is 0 Å². The van der Waals surface area contributed by atoms with Crippen molar-refractivity contribution in [3.63, 3.8) is 0 Å². The van der Waals surface area contributed by atoms with E-state index in [-0.39, 0.29) is 29.8 Å². The highest BCUT2D eigenvalue weighted by Gasteiger charge is 2.39. The maximum absolute atomic E-state index is 13.0. The summed E-state index contributed by atoms with van der Waals surface area (Å²) in [6.45, 7) is 1.16. The molecule has 36 heavy (non-hydrogen) atoms. The van der Waals surface area contributed by atoms with Gasteiger partial charge in [-0.2, -0.15) is 5.26 Å². The predicted molar refractivity (Wildman–Crippen MR) is 135 cm³/mol. The number of ether oxygens (including phenoxy) is 1. The molecule has 8 nitrogen and oxygen atoms in total. The average Bonchev–Trinajstić information content (AvgIpc) is 3.20. The van der Waals surface area contributed by atoms with Crippen molar-refractivity contribution in [3.8, 4) is 11.8 Å². The highest BCUT2D eigenvalue weighted by Crippen LogP contribution is 2.33. The van der Waals surface area contributed by atoms with Crippen molar-refractivity contribution in [2.24, 2.45) is 0 Å². The van der Waals surface area contributed by atoms with E-state index < -0.39 is 6.04 Å². The second-order valence-electron chi connectivity index (χ2n) is 10.0. The van der Waals surface area contributed by atoms with Crippen molar-refractivity contribution >= 4 is 17.6 Å². The van der Waals surface area contributed by atoms with Crippen LogP contribution in [-0.2, 0) is 17.9 Å². The minimum Gasteiger partial charge on any atom is -0.489 e. The summed E-state index contributed by atoms with van der Waals surface area (Å²) in [5.74, 6) is 0.547. The number of amidine groups is 1. The van der Waals surface area contributed by atoms with Crippen LogP contribution in [0.1, 0.15) is 65.6 Å². The molecule has 0 aromatic heterocycles. The number of likely N-dealkylation sites (N-methyl/N-ethyl adjacent to an activating group) is 1. The number of fused-ring (bicyclic) bond motifs is 1. The van der Waals surface area contributed by atoms with Gasteiger partial charge in [-0.25, -0.2) is 0 Å². The first kappa shape index (κ1) is 24.0. The van der Waals surface area contributed by atoms with Crippen molar-refractivity contribution in [1.29, 1.82) is 10.7 Å². The van der Waals surface area contributed by atoms with Crippen LogP contribution >= 0.6 is 0 Å². The van der Waals surface area contributed by atoms with Gasteiger partial charge in [0.05, 0.1) is 17.5 Å². The zero-order chi connectivity index (χ0) is 25.2. The Morgan fingerprint density at radius 3 is 2.67 bits per heavy atom. The van der Waals surface area contributed by atoms with E-state index in [0.717, 1.165) is 43.5 Å². The van der Waals surface area contributed by atoms with E-state index in [0.29, 0.717) is 30.5 Å². The predicted octanol–water partition coefficient (Wildman–Crippen LogP) is 3.59. The minimum absolute atomic E-state index is 0.0449. The zero-order valence-corrected chi connectivity index (χ0v) is 20.5. The molecule has 2 aliphatic heterocycles. The van der Waals surface area contributed by atoms with Gasteiger partial charge in [-0.1, -0.05) is 18.6 Å². The Morgan fingerprint density at radius 2 is 1.92 bits per heavy atom. The molecule has 2 heterocycles. The summed E-state index contributed by atoms with van der Waals surface area (Å²) in [4.78, 5) is 29.4. The van der Waals surface area contributed by atoms with E-state index in [1.165, 1.54) is 5.56 Å². The van der Waals surface area contributed by atoms with Gasteiger partial charge >= 0.3 is 0 Å². The van der Waals surface area contributed by atoms with Gasteiger partial charge in [0.15, 0.2) is 0 Å². The van der Waals surface area contributed by atoms with E-state index in [2.05, 4.69) is 23.3 Å². The number of nitriles is 1. The van der Waals surface area contributed by atoms with Gasteiger partial charge in [0.2, 0.25) is 5.91 Å². The first-order valence-electron chi connectivity index (χ1n) is 12.6. The highest BCUT2D eigenvalue weighted by molar-refractivity contribution is 6.06.